The first kappa shape index (κ1) is 21.3. The first-order chi connectivity index (χ1) is 13.1. The minimum atomic E-state index is -0.927. The number of hydrogen-bond donors (Lipinski definition) is 1. The molecule has 0 aromatic heterocycles. The highest BCUT2D eigenvalue weighted by molar-refractivity contribution is 6.32. The Morgan fingerprint density at radius 2 is 1.48 bits per heavy atom. The van der Waals surface area contributed by atoms with Crippen molar-refractivity contribution >= 4 is 17.6 Å². The fraction of sp³-hybridized carbons (Fsp3) is 0.435. The summed E-state index contributed by atoms with van der Waals surface area (Å²) in [7, 11) is 0. The van der Waals surface area contributed by atoms with Crippen molar-refractivity contribution in [1.29, 1.82) is 0 Å². The fourth-order valence-electron chi connectivity index (χ4n) is 3.02. The SMILES string of the molecule is CCCCCCCCCCOc1ccc(-c2ccc(C(=O)O)cc2)cc1Cl. The van der Waals surface area contributed by atoms with Gasteiger partial charge in [0, 0.05) is 0 Å². The lowest BCUT2D eigenvalue weighted by atomic mass is 10.0. The van der Waals surface area contributed by atoms with Crippen LogP contribution >= 0.6 is 11.6 Å². The molecule has 0 atom stereocenters. The Bertz CT molecular complexity index is 710. The molecule has 0 heterocycles. The summed E-state index contributed by atoms with van der Waals surface area (Å²) in [5, 5.41) is 9.55. The number of rotatable bonds is 12. The quantitative estimate of drug-likeness (QED) is 0.390. The van der Waals surface area contributed by atoms with Gasteiger partial charge in [0.05, 0.1) is 17.2 Å². The van der Waals surface area contributed by atoms with Crippen molar-refractivity contribution in [2.45, 2.75) is 58.3 Å². The van der Waals surface area contributed by atoms with Gasteiger partial charge in [0.15, 0.2) is 0 Å². The van der Waals surface area contributed by atoms with E-state index in [1.54, 1.807) is 24.3 Å². The Labute approximate surface area is 167 Å². The molecule has 0 aliphatic heterocycles. The van der Waals surface area contributed by atoms with E-state index in [0.29, 0.717) is 17.4 Å². The van der Waals surface area contributed by atoms with E-state index in [4.69, 9.17) is 21.4 Å². The zero-order valence-corrected chi connectivity index (χ0v) is 16.8. The molecule has 0 unspecified atom stereocenters. The minimum absolute atomic E-state index is 0.273. The molecule has 2 aromatic rings. The molecule has 0 radical (unpaired) electrons. The van der Waals surface area contributed by atoms with Crippen LogP contribution in [0.1, 0.15) is 68.6 Å². The van der Waals surface area contributed by atoms with E-state index in [9.17, 15) is 4.79 Å². The normalized spacial score (nSPS) is 10.7. The summed E-state index contributed by atoms with van der Waals surface area (Å²) < 4.78 is 5.81. The lowest BCUT2D eigenvalue weighted by Crippen LogP contribution is -1.98. The second-order valence-corrected chi connectivity index (χ2v) is 7.26. The maximum absolute atomic E-state index is 10.9. The summed E-state index contributed by atoms with van der Waals surface area (Å²) in [5.41, 5.74) is 2.14. The van der Waals surface area contributed by atoms with Gasteiger partial charge in [-0.25, -0.2) is 4.79 Å². The van der Waals surface area contributed by atoms with Crippen LogP contribution in [0.5, 0.6) is 5.75 Å². The summed E-state index contributed by atoms with van der Waals surface area (Å²) in [5.74, 6) is -0.227. The standard InChI is InChI=1S/C23H29ClO3/c1-2-3-4-5-6-7-8-9-16-27-22-15-14-20(17-21(22)24)18-10-12-19(13-11-18)23(25)26/h10-15,17H,2-9,16H2,1H3,(H,25,26). The second kappa shape index (κ2) is 11.7. The molecule has 0 spiro atoms. The smallest absolute Gasteiger partial charge is 0.335 e. The average Bonchev–Trinajstić information content (AvgIpc) is 2.67. The maximum atomic E-state index is 10.9. The molecule has 0 aliphatic rings. The van der Waals surface area contributed by atoms with E-state index in [0.717, 1.165) is 17.5 Å². The summed E-state index contributed by atoms with van der Waals surface area (Å²) in [6.45, 7) is 2.92. The van der Waals surface area contributed by atoms with Crippen LogP contribution in [0, 0.1) is 0 Å². The Kier molecular flexibility index (Phi) is 9.20. The van der Waals surface area contributed by atoms with Crippen LogP contribution in [0.25, 0.3) is 11.1 Å². The minimum Gasteiger partial charge on any atom is -0.492 e. The Hall–Kier alpha value is -2.00. The van der Waals surface area contributed by atoms with Gasteiger partial charge in [0.2, 0.25) is 0 Å². The van der Waals surface area contributed by atoms with Crippen LogP contribution in [-0.4, -0.2) is 17.7 Å². The maximum Gasteiger partial charge on any atom is 0.335 e. The molecular weight excluding hydrogens is 360 g/mol. The Morgan fingerprint density at radius 3 is 2.07 bits per heavy atom. The van der Waals surface area contributed by atoms with Gasteiger partial charge in [-0.05, 0) is 41.8 Å². The highest BCUT2D eigenvalue weighted by atomic mass is 35.5. The topological polar surface area (TPSA) is 46.5 Å². The van der Waals surface area contributed by atoms with Crippen molar-refractivity contribution in [2.75, 3.05) is 6.61 Å². The third kappa shape index (κ3) is 7.26. The third-order valence-electron chi connectivity index (χ3n) is 4.65. The van der Waals surface area contributed by atoms with Crippen molar-refractivity contribution in [2.24, 2.45) is 0 Å². The van der Waals surface area contributed by atoms with E-state index in [2.05, 4.69) is 6.92 Å². The number of carbonyl (C=O) groups is 1. The monoisotopic (exact) mass is 388 g/mol. The van der Waals surface area contributed by atoms with Crippen molar-refractivity contribution in [3.8, 4) is 16.9 Å². The van der Waals surface area contributed by atoms with Crippen LogP contribution in [0.15, 0.2) is 42.5 Å². The number of ether oxygens (including phenoxy) is 1. The summed E-state index contributed by atoms with van der Waals surface area (Å²) in [6.07, 6.45) is 10.2. The molecular formula is C23H29ClO3. The van der Waals surface area contributed by atoms with Gasteiger partial charge in [0.1, 0.15) is 5.75 Å². The predicted molar refractivity (Wildman–Crippen MR) is 112 cm³/mol. The molecule has 0 saturated carbocycles. The Balaban J connectivity index is 1.77. The number of carboxylic acid groups (broad SMARTS) is 1. The number of halogens is 1. The van der Waals surface area contributed by atoms with Crippen LogP contribution in [0.3, 0.4) is 0 Å². The first-order valence-electron chi connectivity index (χ1n) is 9.88. The molecule has 2 rings (SSSR count). The zero-order valence-electron chi connectivity index (χ0n) is 16.0. The van der Waals surface area contributed by atoms with Gasteiger partial charge >= 0.3 is 5.97 Å². The van der Waals surface area contributed by atoms with Gasteiger partial charge in [-0.1, -0.05) is 81.7 Å². The van der Waals surface area contributed by atoms with E-state index in [1.807, 2.05) is 18.2 Å². The zero-order chi connectivity index (χ0) is 19.5. The van der Waals surface area contributed by atoms with E-state index >= 15 is 0 Å². The molecule has 2 aromatic carbocycles. The van der Waals surface area contributed by atoms with Gasteiger partial charge in [-0.15, -0.1) is 0 Å². The molecule has 1 N–H and O–H groups in total. The highest BCUT2D eigenvalue weighted by Gasteiger charge is 2.07. The lowest BCUT2D eigenvalue weighted by molar-refractivity contribution is 0.0697. The van der Waals surface area contributed by atoms with Gasteiger partial charge in [-0.2, -0.15) is 0 Å². The van der Waals surface area contributed by atoms with Crippen LogP contribution in [0.4, 0.5) is 0 Å². The molecule has 0 amide bonds. The molecule has 0 saturated heterocycles. The second-order valence-electron chi connectivity index (χ2n) is 6.85. The summed E-state index contributed by atoms with van der Waals surface area (Å²) >= 11 is 6.35. The first-order valence-corrected chi connectivity index (χ1v) is 10.3. The molecule has 0 aliphatic carbocycles. The molecule has 0 fully saturated rings. The van der Waals surface area contributed by atoms with E-state index < -0.39 is 5.97 Å². The number of carboxylic acids is 1. The van der Waals surface area contributed by atoms with Gasteiger partial charge in [-0.3, -0.25) is 0 Å². The number of aromatic carboxylic acids is 1. The van der Waals surface area contributed by atoms with Crippen molar-refractivity contribution in [3.05, 3.63) is 53.1 Å². The van der Waals surface area contributed by atoms with Crippen molar-refractivity contribution in [1.82, 2.24) is 0 Å². The number of benzene rings is 2. The summed E-state index contributed by atoms with van der Waals surface area (Å²) in [4.78, 5) is 10.9. The van der Waals surface area contributed by atoms with Crippen LogP contribution < -0.4 is 4.74 Å². The highest BCUT2D eigenvalue weighted by Crippen LogP contribution is 2.30. The van der Waals surface area contributed by atoms with E-state index in [1.165, 1.54) is 44.9 Å². The predicted octanol–water partition coefficient (Wildman–Crippen LogP) is 7.22. The van der Waals surface area contributed by atoms with Crippen molar-refractivity contribution < 1.29 is 14.6 Å². The molecule has 4 heteroatoms. The van der Waals surface area contributed by atoms with E-state index in [-0.39, 0.29) is 5.56 Å². The molecule has 3 nitrogen and oxygen atoms in total. The molecule has 146 valence electrons. The average molecular weight is 389 g/mol. The third-order valence-corrected chi connectivity index (χ3v) is 4.95. The fourth-order valence-corrected chi connectivity index (χ4v) is 3.26. The molecule has 27 heavy (non-hydrogen) atoms. The number of hydrogen-bond acceptors (Lipinski definition) is 2. The Morgan fingerprint density at radius 1 is 0.889 bits per heavy atom. The molecule has 0 bridgehead atoms. The summed E-state index contributed by atoms with van der Waals surface area (Å²) in [6, 6.07) is 12.5. The van der Waals surface area contributed by atoms with Crippen molar-refractivity contribution in [3.63, 3.8) is 0 Å². The number of unbranched alkanes of at least 4 members (excludes halogenated alkanes) is 7. The van der Waals surface area contributed by atoms with Crippen LogP contribution in [-0.2, 0) is 0 Å². The largest absolute Gasteiger partial charge is 0.492 e. The van der Waals surface area contributed by atoms with Gasteiger partial charge in [0.25, 0.3) is 0 Å². The van der Waals surface area contributed by atoms with Crippen LogP contribution in [0.2, 0.25) is 5.02 Å². The van der Waals surface area contributed by atoms with Gasteiger partial charge < -0.3 is 9.84 Å². The lowest BCUT2D eigenvalue weighted by Gasteiger charge is -2.10.